The van der Waals surface area contributed by atoms with Gasteiger partial charge in [0.25, 0.3) is 11.8 Å². The van der Waals surface area contributed by atoms with E-state index in [0.717, 1.165) is 9.13 Å². The molecule has 0 saturated heterocycles. The number of primary amides is 1. The molecule has 0 aliphatic carbocycles. The Morgan fingerprint density at radius 2 is 1.21 bits per heavy atom. The van der Waals surface area contributed by atoms with Crippen molar-refractivity contribution in [2.75, 3.05) is 0 Å². The second kappa shape index (κ2) is 17.5. The van der Waals surface area contributed by atoms with Crippen molar-refractivity contribution in [2.45, 2.75) is 77.7 Å². The Morgan fingerprint density at radius 1 is 0.742 bits per heavy atom. The lowest BCUT2D eigenvalue weighted by molar-refractivity contribution is -0.132. The quantitative estimate of drug-likeness (QED) is 0.0895. The van der Waals surface area contributed by atoms with Crippen LogP contribution in [0.1, 0.15) is 95.6 Å². The maximum absolute atomic E-state index is 16.9. The highest BCUT2D eigenvalue weighted by Crippen LogP contribution is 2.53. The molecule has 0 fully saturated rings. The highest BCUT2D eigenvalue weighted by atomic mass is 35.5. The second-order valence-corrected chi connectivity index (χ2v) is 16.6. The van der Waals surface area contributed by atoms with Crippen LogP contribution in [0.25, 0.3) is 21.8 Å². The van der Waals surface area contributed by atoms with Crippen LogP contribution in [0.5, 0.6) is 11.5 Å². The number of fused-ring (bicyclic) bond motifs is 2. The summed E-state index contributed by atoms with van der Waals surface area (Å²) in [4.78, 5) is 59.1. The van der Waals surface area contributed by atoms with Gasteiger partial charge in [-0.2, -0.15) is 0 Å². The van der Waals surface area contributed by atoms with Gasteiger partial charge in [0.05, 0.1) is 42.5 Å². The Kier molecular flexibility index (Phi) is 13.0. The number of halogens is 8. The van der Waals surface area contributed by atoms with Gasteiger partial charge < -0.3 is 21.3 Å². The monoisotopic (exact) mass is 934 g/mol. The van der Waals surface area contributed by atoms with Crippen molar-refractivity contribution in [3.63, 3.8) is 0 Å². The van der Waals surface area contributed by atoms with Crippen LogP contribution in [-0.4, -0.2) is 49.0 Å². The first-order chi connectivity index (χ1) is 29.1. The molecule has 18 heteroatoms. The minimum atomic E-state index is -2.59. The molecule has 3 atom stereocenters. The fraction of sp³-hybridized carbons (Fsp3) is 0.273. The Morgan fingerprint density at radius 3 is 1.66 bits per heavy atom. The molecule has 2 aromatic heterocycles. The molecule has 0 radical (unpaired) electrons. The number of unbranched alkanes of at least 4 members (excludes halogenated alkanes) is 1. The molecular formula is C44H38Cl4F4N4O6. The van der Waals surface area contributed by atoms with E-state index in [2.05, 4.69) is 5.32 Å². The van der Waals surface area contributed by atoms with Crippen molar-refractivity contribution in [2.24, 2.45) is 5.73 Å². The molecule has 6 aromatic rings. The number of amides is 2. The summed E-state index contributed by atoms with van der Waals surface area (Å²) < 4.78 is 66.3. The Balaban J connectivity index is 1.86. The molecule has 0 aliphatic heterocycles. The molecule has 10 nitrogen and oxygen atoms in total. The van der Waals surface area contributed by atoms with Crippen molar-refractivity contribution in [3.05, 3.63) is 126 Å². The first-order valence-electron chi connectivity index (χ1n) is 19.2. The van der Waals surface area contributed by atoms with Crippen LogP contribution < -0.4 is 11.1 Å². The fourth-order valence-electron chi connectivity index (χ4n) is 8.22. The number of phenols is 2. The molecule has 2 heterocycles. The molecule has 3 unspecified atom stereocenters. The van der Waals surface area contributed by atoms with Gasteiger partial charge in [-0.05, 0) is 75.6 Å². The molecule has 0 saturated carbocycles. The summed E-state index contributed by atoms with van der Waals surface area (Å²) in [5.41, 5.74) is 1.14. The number of nitrogens with two attached hydrogens (primary N) is 1. The van der Waals surface area contributed by atoms with Crippen molar-refractivity contribution < 1.29 is 47.0 Å². The van der Waals surface area contributed by atoms with E-state index in [1.807, 2.05) is 0 Å². The van der Waals surface area contributed by atoms with E-state index >= 15 is 22.4 Å². The van der Waals surface area contributed by atoms with Gasteiger partial charge in [0, 0.05) is 57.0 Å². The smallest absolute Gasteiger partial charge is 0.262 e. The number of nitrogens with zero attached hydrogens (tertiary/aromatic N) is 2. The zero-order valence-electron chi connectivity index (χ0n) is 33.6. The van der Waals surface area contributed by atoms with E-state index in [-0.39, 0.29) is 49.0 Å². The molecule has 6 rings (SSSR count). The third-order valence-corrected chi connectivity index (χ3v) is 12.8. The van der Waals surface area contributed by atoms with E-state index in [0.29, 0.717) is 25.0 Å². The number of benzene rings is 4. The number of nitrogens with one attached hydrogen (secondary N) is 1. The molecule has 0 bridgehead atoms. The lowest BCUT2D eigenvalue weighted by Gasteiger charge is -2.39. The Bertz CT molecular complexity index is 2880. The summed E-state index contributed by atoms with van der Waals surface area (Å²) in [5.74, 6) is -15.6. The lowest BCUT2D eigenvalue weighted by Crippen LogP contribution is -2.53. The maximum atomic E-state index is 16.9. The molecule has 326 valence electrons. The SMILES string of the molecule is CCCCC(C(N)=O)(c1c(C)n(C(=O)c2ccc(Cl)c(Cl)c2)c2cc(F)c(O)c(F)c12)C(C(=O)NC(C)CC)c1c(C)n(C(=O)c2ccc(Cl)c(Cl)c2)c2cc(F)c(O)c(F)c12. The first kappa shape index (κ1) is 46.2. The largest absolute Gasteiger partial charge is 0.503 e. The maximum Gasteiger partial charge on any atom is 0.262 e. The van der Waals surface area contributed by atoms with E-state index < -0.39 is 115 Å². The van der Waals surface area contributed by atoms with Crippen LogP contribution in [-0.2, 0) is 15.0 Å². The van der Waals surface area contributed by atoms with Crippen LogP contribution in [0.4, 0.5) is 17.6 Å². The Labute approximate surface area is 372 Å². The molecule has 4 aromatic carbocycles. The Hall–Kier alpha value is -5.28. The fourth-order valence-corrected chi connectivity index (χ4v) is 8.82. The number of hydrogen-bond donors (Lipinski definition) is 4. The summed E-state index contributed by atoms with van der Waals surface area (Å²) in [5, 5.41) is 23.0. The van der Waals surface area contributed by atoms with E-state index in [4.69, 9.17) is 52.1 Å². The van der Waals surface area contributed by atoms with Gasteiger partial charge >= 0.3 is 0 Å². The van der Waals surface area contributed by atoms with Gasteiger partial charge in [-0.3, -0.25) is 28.3 Å². The topological polar surface area (TPSA) is 157 Å². The van der Waals surface area contributed by atoms with E-state index in [9.17, 15) is 24.6 Å². The van der Waals surface area contributed by atoms with Crippen molar-refractivity contribution >= 4 is 91.8 Å². The number of aromatic hydroxyl groups is 2. The van der Waals surface area contributed by atoms with E-state index in [1.54, 1.807) is 20.8 Å². The van der Waals surface area contributed by atoms with Gasteiger partial charge in [-0.15, -0.1) is 0 Å². The van der Waals surface area contributed by atoms with Gasteiger partial charge in [-0.25, -0.2) is 17.6 Å². The minimum Gasteiger partial charge on any atom is -0.503 e. The summed E-state index contributed by atoms with van der Waals surface area (Å²) >= 11 is 24.8. The summed E-state index contributed by atoms with van der Waals surface area (Å²) in [6, 6.07) is 8.25. The minimum absolute atomic E-state index is 0.0416. The molecule has 5 N–H and O–H groups in total. The van der Waals surface area contributed by atoms with Crippen molar-refractivity contribution in [1.29, 1.82) is 0 Å². The molecule has 0 spiro atoms. The zero-order valence-corrected chi connectivity index (χ0v) is 36.6. The molecular weight excluding hydrogens is 898 g/mol. The number of aromatic nitrogens is 2. The number of phenolic OH excluding ortho intramolecular Hbond substituents is 2. The van der Waals surface area contributed by atoms with Crippen molar-refractivity contribution in [3.8, 4) is 11.5 Å². The van der Waals surface area contributed by atoms with Crippen molar-refractivity contribution in [1.82, 2.24) is 14.5 Å². The summed E-state index contributed by atoms with van der Waals surface area (Å²) in [6.45, 7) is 7.62. The number of hydrogen-bond acceptors (Lipinski definition) is 6. The summed E-state index contributed by atoms with van der Waals surface area (Å²) in [6.07, 6.45) is 0.206. The third-order valence-electron chi connectivity index (χ3n) is 11.4. The zero-order chi connectivity index (χ0) is 45.9. The third kappa shape index (κ3) is 7.44. The number of carbonyl (C=O) groups excluding carboxylic acids is 4. The molecule has 0 aliphatic rings. The highest BCUT2D eigenvalue weighted by molar-refractivity contribution is 6.42. The number of carbonyl (C=O) groups is 4. The average Bonchev–Trinajstić information content (AvgIpc) is 3.67. The van der Waals surface area contributed by atoms with E-state index in [1.165, 1.54) is 50.2 Å². The predicted molar refractivity (Wildman–Crippen MR) is 230 cm³/mol. The van der Waals surface area contributed by atoms with Crippen LogP contribution >= 0.6 is 46.4 Å². The first-order valence-corrected chi connectivity index (χ1v) is 20.7. The van der Waals surface area contributed by atoms with Gasteiger partial charge in [0.1, 0.15) is 0 Å². The van der Waals surface area contributed by atoms with Crippen LogP contribution in [0.15, 0.2) is 48.5 Å². The summed E-state index contributed by atoms with van der Waals surface area (Å²) in [7, 11) is 0. The number of rotatable bonds is 12. The average molecular weight is 937 g/mol. The van der Waals surface area contributed by atoms with Gasteiger partial charge in [0.2, 0.25) is 11.8 Å². The van der Waals surface area contributed by atoms with Crippen LogP contribution in [0, 0.1) is 37.1 Å². The molecule has 62 heavy (non-hydrogen) atoms. The highest BCUT2D eigenvalue weighted by Gasteiger charge is 2.55. The van der Waals surface area contributed by atoms with Crippen LogP contribution in [0.3, 0.4) is 0 Å². The second-order valence-electron chi connectivity index (χ2n) is 15.0. The predicted octanol–water partition coefficient (Wildman–Crippen LogP) is 10.8. The van der Waals surface area contributed by atoms with Gasteiger partial charge in [-0.1, -0.05) is 73.1 Å². The normalized spacial score (nSPS) is 13.6. The van der Waals surface area contributed by atoms with Crippen LogP contribution in [0.2, 0.25) is 20.1 Å². The molecule has 2 amide bonds. The standard InChI is InChI=1S/C44H38Cl4F4N4O6/c1-6-8-13-44(43(53)62,34-20(5)56(30-17-28(50)39(58)37(52)33(30)34)42(61)22-10-12-24(46)26(48)15-22)35(40(59)54-18(3)7-2)31-19(4)55(29-16-27(49)38(57)36(51)32(29)31)41(60)21-9-11-23(45)25(47)14-21/h9-12,14-18,35,57-58H,6-8,13H2,1-5H3,(H2,53,62)(H,54,59). The van der Waals surface area contributed by atoms with Gasteiger partial charge in [0.15, 0.2) is 34.8 Å². The lowest BCUT2D eigenvalue weighted by atomic mass is 9.62.